The molecule has 0 saturated carbocycles. The van der Waals surface area contributed by atoms with Crippen molar-refractivity contribution in [2.75, 3.05) is 5.73 Å². The fraction of sp³-hybridized carbons (Fsp3) is 0.273. The maximum absolute atomic E-state index is 12.1. The highest BCUT2D eigenvalue weighted by atomic mass is 32.2. The molecule has 0 atom stereocenters. The minimum absolute atomic E-state index is 0.0364. The topological polar surface area (TPSA) is 111 Å². The number of aryl methyl sites for hydroxylation is 2. The molecule has 0 amide bonds. The summed E-state index contributed by atoms with van der Waals surface area (Å²) in [6, 6.07) is 4.75. The molecule has 2 rings (SSSR count). The number of nitrogen functional groups attached to an aromatic ring is 1. The molecule has 2 aromatic rings. The lowest BCUT2D eigenvalue weighted by molar-refractivity contribution is 0.372. The predicted octanol–water partition coefficient (Wildman–Crippen LogP) is 0.747. The average molecular weight is 282 g/mol. The molecule has 0 radical (unpaired) electrons. The zero-order valence-electron chi connectivity index (χ0n) is 10.5. The highest BCUT2D eigenvalue weighted by Gasteiger charge is 2.18. The van der Waals surface area contributed by atoms with E-state index in [4.69, 9.17) is 10.3 Å². The van der Waals surface area contributed by atoms with Crippen LogP contribution in [0.3, 0.4) is 0 Å². The Kier molecular flexibility index (Phi) is 3.54. The van der Waals surface area contributed by atoms with E-state index in [0.717, 1.165) is 5.56 Å². The highest BCUT2D eigenvalue weighted by molar-refractivity contribution is 7.89. The van der Waals surface area contributed by atoms with E-state index in [1.165, 1.54) is 6.07 Å². The number of rotatable bonds is 4. The van der Waals surface area contributed by atoms with Crippen molar-refractivity contribution in [3.05, 3.63) is 35.5 Å². The number of nitrogens with two attached hydrogens (primary N) is 1. The Bertz CT molecular complexity index is 694. The zero-order chi connectivity index (χ0) is 14.0. The van der Waals surface area contributed by atoms with Gasteiger partial charge in [0.25, 0.3) is 0 Å². The van der Waals surface area contributed by atoms with Gasteiger partial charge in [-0.3, -0.25) is 0 Å². The van der Waals surface area contributed by atoms with Gasteiger partial charge in [-0.2, -0.15) is 4.98 Å². The molecule has 0 aliphatic heterocycles. The van der Waals surface area contributed by atoms with Crippen LogP contribution >= 0.6 is 0 Å². The molecule has 7 nitrogen and oxygen atoms in total. The Hall–Kier alpha value is -1.93. The van der Waals surface area contributed by atoms with Gasteiger partial charge in [-0.15, -0.1) is 0 Å². The lowest BCUT2D eigenvalue weighted by Crippen LogP contribution is -2.24. The van der Waals surface area contributed by atoms with Gasteiger partial charge in [-0.1, -0.05) is 11.2 Å². The van der Waals surface area contributed by atoms with E-state index >= 15 is 0 Å². The molecule has 1 heterocycles. The SMILES string of the molecule is Cc1ccc(S(=O)(=O)NCc2nc(C)no2)c(N)c1. The van der Waals surface area contributed by atoms with E-state index in [0.29, 0.717) is 5.82 Å². The first-order valence-corrected chi connectivity index (χ1v) is 7.02. The van der Waals surface area contributed by atoms with E-state index in [-0.39, 0.29) is 23.0 Å². The molecule has 0 aliphatic carbocycles. The summed E-state index contributed by atoms with van der Waals surface area (Å²) in [7, 11) is -3.70. The molecule has 0 bridgehead atoms. The first-order valence-electron chi connectivity index (χ1n) is 5.53. The van der Waals surface area contributed by atoms with Crippen molar-refractivity contribution < 1.29 is 12.9 Å². The summed E-state index contributed by atoms with van der Waals surface area (Å²) < 4.78 is 31.3. The summed E-state index contributed by atoms with van der Waals surface area (Å²) in [5.41, 5.74) is 6.81. The van der Waals surface area contributed by atoms with Gasteiger partial charge < -0.3 is 10.3 Å². The van der Waals surface area contributed by atoms with Crippen molar-refractivity contribution in [2.24, 2.45) is 0 Å². The van der Waals surface area contributed by atoms with E-state index in [1.54, 1.807) is 19.1 Å². The summed E-state index contributed by atoms with van der Waals surface area (Å²) in [4.78, 5) is 3.94. The predicted molar refractivity (Wildman–Crippen MR) is 68.7 cm³/mol. The highest BCUT2D eigenvalue weighted by Crippen LogP contribution is 2.19. The lowest BCUT2D eigenvalue weighted by Gasteiger charge is -2.08. The molecule has 102 valence electrons. The van der Waals surface area contributed by atoms with Crippen LogP contribution in [0.15, 0.2) is 27.6 Å². The second kappa shape index (κ2) is 4.98. The molecule has 3 N–H and O–H groups in total. The standard InChI is InChI=1S/C11H14N4O3S/c1-7-3-4-10(9(12)5-7)19(16,17)13-6-11-14-8(2)15-18-11/h3-5,13H,6,12H2,1-2H3. The molecule has 0 saturated heterocycles. The van der Waals surface area contributed by atoms with Gasteiger partial charge in [0.15, 0.2) is 5.82 Å². The van der Waals surface area contributed by atoms with E-state index in [1.807, 2.05) is 6.92 Å². The summed E-state index contributed by atoms with van der Waals surface area (Å²) in [5, 5.41) is 3.57. The van der Waals surface area contributed by atoms with Crippen molar-refractivity contribution in [2.45, 2.75) is 25.3 Å². The zero-order valence-corrected chi connectivity index (χ0v) is 11.4. The van der Waals surface area contributed by atoms with Crippen molar-refractivity contribution in [3.63, 3.8) is 0 Å². The molecule has 19 heavy (non-hydrogen) atoms. The number of aromatic nitrogens is 2. The molecule has 0 fully saturated rings. The minimum Gasteiger partial charge on any atom is -0.398 e. The van der Waals surface area contributed by atoms with Gasteiger partial charge in [-0.25, -0.2) is 13.1 Å². The molecule has 1 aromatic heterocycles. The van der Waals surface area contributed by atoms with Crippen LogP contribution in [-0.4, -0.2) is 18.6 Å². The van der Waals surface area contributed by atoms with E-state index in [2.05, 4.69) is 14.9 Å². The molecule has 8 heteroatoms. The van der Waals surface area contributed by atoms with Crippen LogP contribution < -0.4 is 10.5 Å². The third kappa shape index (κ3) is 3.09. The summed E-state index contributed by atoms with van der Waals surface area (Å²) >= 11 is 0. The number of sulfonamides is 1. The van der Waals surface area contributed by atoms with Crippen LogP contribution in [0.4, 0.5) is 5.69 Å². The third-order valence-electron chi connectivity index (χ3n) is 2.44. The molecule has 0 spiro atoms. The van der Waals surface area contributed by atoms with Crippen LogP contribution in [0.2, 0.25) is 0 Å². The first kappa shape index (κ1) is 13.5. The Morgan fingerprint density at radius 3 is 2.68 bits per heavy atom. The fourth-order valence-corrected chi connectivity index (χ4v) is 2.64. The maximum atomic E-state index is 12.1. The van der Waals surface area contributed by atoms with Crippen LogP contribution in [0.5, 0.6) is 0 Å². The van der Waals surface area contributed by atoms with Crippen molar-refractivity contribution in [1.82, 2.24) is 14.9 Å². The van der Waals surface area contributed by atoms with Gasteiger partial charge >= 0.3 is 0 Å². The largest absolute Gasteiger partial charge is 0.398 e. The van der Waals surface area contributed by atoms with Crippen LogP contribution in [-0.2, 0) is 16.6 Å². The molecular formula is C11H14N4O3S. The van der Waals surface area contributed by atoms with Crippen molar-refractivity contribution in [3.8, 4) is 0 Å². The molecule has 0 unspecified atom stereocenters. The Balaban J connectivity index is 2.18. The van der Waals surface area contributed by atoms with Crippen LogP contribution in [0, 0.1) is 13.8 Å². The van der Waals surface area contributed by atoms with Gasteiger partial charge in [0.1, 0.15) is 4.90 Å². The summed E-state index contributed by atoms with van der Waals surface area (Å²) in [6.45, 7) is 3.41. The number of nitrogens with zero attached hydrogens (tertiary/aromatic N) is 2. The normalized spacial score (nSPS) is 11.7. The molecule has 0 aliphatic rings. The number of benzene rings is 1. The lowest BCUT2D eigenvalue weighted by atomic mass is 10.2. The number of hydrogen-bond donors (Lipinski definition) is 2. The van der Waals surface area contributed by atoms with Gasteiger partial charge in [0.2, 0.25) is 15.9 Å². The molecular weight excluding hydrogens is 268 g/mol. The van der Waals surface area contributed by atoms with Gasteiger partial charge in [-0.05, 0) is 31.5 Å². The van der Waals surface area contributed by atoms with Crippen LogP contribution in [0.1, 0.15) is 17.3 Å². The Morgan fingerprint density at radius 2 is 2.11 bits per heavy atom. The quantitative estimate of drug-likeness (QED) is 0.800. The second-order valence-corrected chi connectivity index (χ2v) is 5.84. The molecule has 1 aromatic carbocycles. The van der Waals surface area contributed by atoms with E-state index < -0.39 is 10.0 Å². The third-order valence-corrected chi connectivity index (χ3v) is 3.91. The van der Waals surface area contributed by atoms with Crippen molar-refractivity contribution in [1.29, 1.82) is 0 Å². The number of anilines is 1. The second-order valence-electron chi connectivity index (χ2n) is 4.10. The smallest absolute Gasteiger partial charge is 0.243 e. The average Bonchev–Trinajstić information content (AvgIpc) is 2.72. The minimum atomic E-state index is -3.70. The van der Waals surface area contributed by atoms with E-state index in [9.17, 15) is 8.42 Å². The summed E-state index contributed by atoms with van der Waals surface area (Å²) in [6.07, 6.45) is 0. The Labute approximate surface area is 110 Å². The number of nitrogens with one attached hydrogen (secondary N) is 1. The number of hydrogen-bond acceptors (Lipinski definition) is 6. The summed E-state index contributed by atoms with van der Waals surface area (Å²) in [5.74, 6) is 0.649. The first-order chi connectivity index (χ1) is 8.88. The van der Waals surface area contributed by atoms with Gasteiger partial charge in [0, 0.05) is 0 Å². The fourth-order valence-electron chi connectivity index (χ4n) is 1.56. The van der Waals surface area contributed by atoms with Gasteiger partial charge in [0.05, 0.1) is 12.2 Å². The monoisotopic (exact) mass is 282 g/mol. The van der Waals surface area contributed by atoms with Crippen LogP contribution in [0.25, 0.3) is 0 Å². The maximum Gasteiger partial charge on any atom is 0.243 e. The Morgan fingerprint density at radius 1 is 1.37 bits per heavy atom. The van der Waals surface area contributed by atoms with Crippen molar-refractivity contribution >= 4 is 15.7 Å².